The van der Waals surface area contributed by atoms with Crippen molar-refractivity contribution in [1.29, 1.82) is 0 Å². The Bertz CT molecular complexity index is 746. The Kier molecular flexibility index (Phi) is 5.59. The highest BCUT2D eigenvalue weighted by atomic mass is 19.4. The van der Waals surface area contributed by atoms with Gasteiger partial charge in [-0.1, -0.05) is 24.3 Å². The smallest absolute Gasteiger partial charge is 0.337 e. The largest absolute Gasteiger partial charge is 0.416 e. The second-order valence-electron chi connectivity index (χ2n) is 6.71. The van der Waals surface area contributed by atoms with Crippen molar-refractivity contribution in [3.05, 3.63) is 65.5 Å². The average Bonchev–Trinajstić information content (AvgIpc) is 2.66. The summed E-state index contributed by atoms with van der Waals surface area (Å²) in [5.41, 5.74) is 0.518. The molecule has 3 rings (SSSR count). The van der Waals surface area contributed by atoms with E-state index in [1.54, 1.807) is 30.5 Å². The molecule has 0 saturated carbocycles. The molecule has 2 aromatic rings. The lowest BCUT2D eigenvalue weighted by molar-refractivity contribution is -0.137. The summed E-state index contributed by atoms with van der Waals surface area (Å²) in [5, 5.41) is 0. The van der Waals surface area contributed by atoms with Crippen LogP contribution in [0.25, 0.3) is 0 Å². The third-order valence-electron chi connectivity index (χ3n) is 4.79. The van der Waals surface area contributed by atoms with Crippen molar-refractivity contribution in [2.45, 2.75) is 31.9 Å². The molecule has 1 unspecified atom stereocenters. The molecule has 1 fully saturated rings. The number of halogens is 3. The minimum absolute atomic E-state index is 0.0747. The van der Waals surface area contributed by atoms with Crippen LogP contribution in [-0.2, 0) is 12.6 Å². The van der Waals surface area contributed by atoms with Crippen molar-refractivity contribution in [3.63, 3.8) is 0 Å². The van der Waals surface area contributed by atoms with Crippen molar-refractivity contribution in [3.8, 4) is 0 Å². The molecular formula is C20H21F3N2O. The molecule has 0 N–H and O–H groups in total. The molecule has 1 saturated heterocycles. The normalized spacial score (nSPS) is 18.0. The Morgan fingerprint density at radius 3 is 2.77 bits per heavy atom. The summed E-state index contributed by atoms with van der Waals surface area (Å²) in [6.07, 6.45) is 0.541. The molecule has 0 radical (unpaired) electrons. The summed E-state index contributed by atoms with van der Waals surface area (Å²) in [6.45, 7) is 1.34. The number of pyridine rings is 1. The van der Waals surface area contributed by atoms with Crippen molar-refractivity contribution in [1.82, 2.24) is 9.88 Å². The molecule has 2 heterocycles. The average molecular weight is 362 g/mol. The van der Waals surface area contributed by atoms with E-state index in [1.807, 2.05) is 4.90 Å². The number of alkyl halides is 3. The first kappa shape index (κ1) is 18.4. The Morgan fingerprint density at radius 2 is 2.04 bits per heavy atom. The van der Waals surface area contributed by atoms with Gasteiger partial charge >= 0.3 is 6.18 Å². The van der Waals surface area contributed by atoms with Gasteiger partial charge in [0.15, 0.2) is 0 Å². The lowest BCUT2D eigenvalue weighted by Gasteiger charge is -2.32. The van der Waals surface area contributed by atoms with Crippen LogP contribution < -0.4 is 0 Å². The van der Waals surface area contributed by atoms with E-state index in [4.69, 9.17) is 0 Å². The number of amides is 1. The predicted molar refractivity (Wildman–Crippen MR) is 92.6 cm³/mol. The van der Waals surface area contributed by atoms with Gasteiger partial charge in [-0.05, 0) is 55.4 Å². The lowest BCUT2D eigenvalue weighted by Crippen LogP contribution is -2.40. The van der Waals surface area contributed by atoms with Gasteiger partial charge in [-0.3, -0.25) is 9.78 Å². The van der Waals surface area contributed by atoms with Crippen LogP contribution >= 0.6 is 0 Å². The van der Waals surface area contributed by atoms with E-state index in [0.29, 0.717) is 36.7 Å². The molecule has 1 aliphatic rings. The van der Waals surface area contributed by atoms with Crippen LogP contribution in [0, 0.1) is 5.92 Å². The van der Waals surface area contributed by atoms with E-state index >= 15 is 0 Å². The fourth-order valence-electron chi connectivity index (χ4n) is 3.41. The van der Waals surface area contributed by atoms with Gasteiger partial charge in [-0.15, -0.1) is 0 Å². The summed E-state index contributed by atoms with van der Waals surface area (Å²) in [6, 6.07) is 10.8. The first-order chi connectivity index (χ1) is 12.4. The molecular weight excluding hydrogens is 341 g/mol. The Hall–Kier alpha value is -2.37. The zero-order chi connectivity index (χ0) is 18.6. The van der Waals surface area contributed by atoms with Crippen LogP contribution in [0.4, 0.5) is 13.2 Å². The van der Waals surface area contributed by atoms with Crippen molar-refractivity contribution >= 4 is 5.91 Å². The number of hydrogen-bond acceptors (Lipinski definition) is 2. The first-order valence-corrected chi connectivity index (χ1v) is 8.80. The molecule has 26 heavy (non-hydrogen) atoms. The summed E-state index contributed by atoms with van der Waals surface area (Å²) in [5.74, 6) is 0.223. The fourth-order valence-corrected chi connectivity index (χ4v) is 3.41. The molecule has 1 aliphatic heterocycles. The maximum atomic E-state index is 12.8. The van der Waals surface area contributed by atoms with Gasteiger partial charge in [-0.25, -0.2) is 0 Å². The van der Waals surface area contributed by atoms with Crippen LogP contribution in [0.15, 0.2) is 48.7 Å². The monoisotopic (exact) mass is 362 g/mol. The molecule has 3 nitrogen and oxygen atoms in total. The number of nitrogens with zero attached hydrogens (tertiary/aromatic N) is 2. The minimum Gasteiger partial charge on any atom is -0.337 e. The number of hydrogen-bond donors (Lipinski definition) is 0. The number of likely N-dealkylation sites (tertiary alicyclic amines) is 1. The topological polar surface area (TPSA) is 33.2 Å². The standard InChI is InChI=1S/C20H21F3N2O/c21-20(22,23)17-7-3-5-15(13-17)9-10-16-6-4-12-25(14-16)19(26)18-8-1-2-11-24-18/h1-3,5,7-8,11,13,16H,4,6,9-10,12,14H2. The van der Waals surface area contributed by atoms with Gasteiger partial charge in [0.05, 0.1) is 5.56 Å². The SMILES string of the molecule is O=C(c1ccccn1)N1CCCC(CCc2cccc(C(F)(F)F)c2)C1. The van der Waals surface area contributed by atoms with Gasteiger partial charge in [0.1, 0.15) is 5.69 Å². The van der Waals surface area contributed by atoms with E-state index in [9.17, 15) is 18.0 Å². The molecule has 0 spiro atoms. The van der Waals surface area contributed by atoms with E-state index in [2.05, 4.69) is 4.98 Å². The number of benzene rings is 1. The molecule has 0 aliphatic carbocycles. The summed E-state index contributed by atoms with van der Waals surface area (Å²) in [4.78, 5) is 18.4. The molecule has 1 atom stereocenters. The maximum absolute atomic E-state index is 12.8. The van der Waals surface area contributed by atoms with Crippen LogP contribution in [0.2, 0.25) is 0 Å². The molecule has 0 bridgehead atoms. The zero-order valence-corrected chi connectivity index (χ0v) is 14.4. The molecule has 1 aromatic carbocycles. The molecule has 6 heteroatoms. The van der Waals surface area contributed by atoms with Gasteiger partial charge in [0.2, 0.25) is 0 Å². The highest BCUT2D eigenvalue weighted by molar-refractivity contribution is 5.92. The third-order valence-corrected chi connectivity index (χ3v) is 4.79. The van der Waals surface area contributed by atoms with Crippen LogP contribution in [0.1, 0.15) is 40.9 Å². The molecule has 1 aromatic heterocycles. The van der Waals surface area contributed by atoms with Gasteiger partial charge in [-0.2, -0.15) is 13.2 Å². The van der Waals surface area contributed by atoms with E-state index in [-0.39, 0.29) is 5.91 Å². The maximum Gasteiger partial charge on any atom is 0.416 e. The predicted octanol–water partition coefficient (Wildman–Crippen LogP) is 4.59. The van der Waals surface area contributed by atoms with Crippen molar-refractivity contribution in [2.75, 3.05) is 13.1 Å². The fraction of sp³-hybridized carbons (Fsp3) is 0.400. The van der Waals surface area contributed by atoms with Gasteiger partial charge < -0.3 is 4.90 Å². The highest BCUT2D eigenvalue weighted by Gasteiger charge is 2.30. The number of rotatable bonds is 4. The highest BCUT2D eigenvalue weighted by Crippen LogP contribution is 2.30. The zero-order valence-electron chi connectivity index (χ0n) is 14.4. The van der Waals surface area contributed by atoms with Gasteiger partial charge in [0.25, 0.3) is 5.91 Å². The quantitative estimate of drug-likeness (QED) is 0.797. The Balaban J connectivity index is 1.58. The number of carbonyl (C=O) groups excluding carboxylic acids is 1. The van der Waals surface area contributed by atoms with E-state index in [0.717, 1.165) is 25.3 Å². The number of aromatic nitrogens is 1. The van der Waals surface area contributed by atoms with Crippen LogP contribution in [0.5, 0.6) is 0 Å². The van der Waals surface area contributed by atoms with Crippen molar-refractivity contribution in [2.24, 2.45) is 5.92 Å². The summed E-state index contributed by atoms with van der Waals surface area (Å²) < 4.78 is 38.4. The first-order valence-electron chi connectivity index (χ1n) is 8.80. The number of aryl methyl sites for hydroxylation is 1. The summed E-state index contributed by atoms with van der Waals surface area (Å²) >= 11 is 0. The molecule has 138 valence electrons. The number of carbonyl (C=O) groups is 1. The Morgan fingerprint density at radius 1 is 1.19 bits per heavy atom. The second-order valence-corrected chi connectivity index (χ2v) is 6.71. The minimum atomic E-state index is -4.31. The van der Waals surface area contributed by atoms with E-state index < -0.39 is 11.7 Å². The molecule has 1 amide bonds. The van der Waals surface area contributed by atoms with Crippen LogP contribution in [-0.4, -0.2) is 28.9 Å². The lowest BCUT2D eigenvalue weighted by atomic mass is 9.91. The van der Waals surface area contributed by atoms with Gasteiger partial charge in [0, 0.05) is 19.3 Å². The van der Waals surface area contributed by atoms with Crippen molar-refractivity contribution < 1.29 is 18.0 Å². The van der Waals surface area contributed by atoms with E-state index in [1.165, 1.54) is 12.1 Å². The number of piperidine rings is 1. The Labute approximate surface area is 150 Å². The summed E-state index contributed by atoms with van der Waals surface area (Å²) in [7, 11) is 0. The van der Waals surface area contributed by atoms with Crippen LogP contribution in [0.3, 0.4) is 0 Å². The second kappa shape index (κ2) is 7.89. The third kappa shape index (κ3) is 4.62.